The van der Waals surface area contributed by atoms with E-state index in [1.54, 1.807) is 31.4 Å². The van der Waals surface area contributed by atoms with Crippen molar-refractivity contribution >= 4 is 17.4 Å². The van der Waals surface area contributed by atoms with Crippen LogP contribution in [-0.2, 0) is 16.0 Å². The summed E-state index contributed by atoms with van der Waals surface area (Å²) in [6.45, 7) is 0. The number of rotatable bonds is 6. The fourth-order valence-electron chi connectivity index (χ4n) is 3.98. The quantitative estimate of drug-likeness (QED) is 0.598. The minimum absolute atomic E-state index is 0.103. The molecule has 3 aromatic rings. The summed E-state index contributed by atoms with van der Waals surface area (Å²) < 4.78 is 17.4. The van der Waals surface area contributed by atoms with Gasteiger partial charge >= 0.3 is 0 Å². The van der Waals surface area contributed by atoms with Crippen LogP contribution in [0.1, 0.15) is 29.2 Å². The van der Waals surface area contributed by atoms with E-state index in [-0.39, 0.29) is 12.0 Å². The number of nitrogens with one attached hydrogen (secondary N) is 1. The average molecular weight is 428 g/mol. The predicted molar refractivity (Wildman–Crippen MR) is 117 cm³/mol. The summed E-state index contributed by atoms with van der Waals surface area (Å²) in [7, 11) is 1.57. The summed E-state index contributed by atoms with van der Waals surface area (Å²) in [5.74, 6) is 1.64. The molecule has 0 fully saturated rings. The van der Waals surface area contributed by atoms with Crippen molar-refractivity contribution in [3.05, 3.63) is 83.4 Å². The molecule has 2 amide bonds. The lowest BCUT2D eigenvalue weighted by Crippen LogP contribution is -2.21. The topological polar surface area (TPSA) is 86.8 Å². The number of pyridine rings is 1. The Labute approximate surface area is 184 Å². The molecule has 5 rings (SSSR count). The first-order valence-corrected chi connectivity index (χ1v) is 10.3. The van der Waals surface area contributed by atoms with Crippen LogP contribution in [0, 0.1) is 0 Å². The van der Waals surface area contributed by atoms with Gasteiger partial charge < -0.3 is 14.2 Å². The number of nitrogens with zero attached hydrogens (tertiary/aromatic N) is 1. The SMILES string of the molecule is COc1cccc(Oc2cccc3c2CC[C@H]3Oc2ccc(C3=CC(=O)NC3=O)cc2)n1. The van der Waals surface area contributed by atoms with E-state index < -0.39 is 5.91 Å². The van der Waals surface area contributed by atoms with Crippen molar-refractivity contribution in [2.45, 2.75) is 18.9 Å². The minimum atomic E-state index is -0.393. The molecule has 2 aliphatic rings. The van der Waals surface area contributed by atoms with Crippen molar-refractivity contribution in [1.82, 2.24) is 10.3 Å². The van der Waals surface area contributed by atoms with Crippen molar-refractivity contribution in [3.8, 4) is 23.3 Å². The number of imide groups is 1. The molecular formula is C25H20N2O5. The number of aromatic nitrogens is 1. The molecule has 0 saturated carbocycles. The van der Waals surface area contributed by atoms with Crippen LogP contribution in [0.2, 0.25) is 0 Å². The summed E-state index contributed by atoms with van der Waals surface area (Å²) >= 11 is 0. The number of carbonyl (C=O) groups is 2. The van der Waals surface area contributed by atoms with E-state index in [2.05, 4.69) is 10.3 Å². The Morgan fingerprint density at radius 3 is 2.50 bits per heavy atom. The molecule has 0 radical (unpaired) electrons. The van der Waals surface area contributed by atoms with Crippen molar-refractivity contribution in [2.75, 3.05) is 7.11 Å². The molecular weight excluding hydrogens is 408 g/mol. The number of hydrogen-bond donors (Lipinski definition) is 1. The van der Waals surface area contributed by atoms with E-state index in [4.69, 9.17) is 14.2 Å². The van der Waals surface area contributed by atoms with Gasteiger partial charge in [0.15, 0.2) is 0 Å². The number of amides is 2. The van der Waals surface area contributed by atoms with E-state index in [0.29, 0.717) is 28.6 Å². The van der Waals surface area contributed by atoms with E-state index in [0.717, 1.165) is 29.7 Å². The zero-order valence-electron chi connectivity index (χ0n) is 17.3. The van der Waals surface area contributed by atoms with Crippen molar-refractivity contribution < 1.29 is 23.8 Å². The van der Waals surface area contributed by atoms with Gasteiger partial charge in [0.2, 0.25) is 11.8 Å². The molecule has 0 spiro atoms. The number of fused-ring (bicyclic) bond motifs is 1. The van der Waals surface area contributed by atoms with Crippen LogP contribution < -0.4 is 19.5 Å². The number of ether oxygens (including phenoxy) is 3. The highest BCUT2D eigenvalue weighted by atomic mass is 16.5. The Morgan fingerprint density at radius 2 is 1.75 bits per heavy atom. The largest absolute Gasteiger partial charge is 0.486 e. The van der Waals surface area contributed by atoms with E-state index in [1.165, 1.54) is 6.08 Å². The van der Waals surface area contributed by atoms with Crippen molar-refractivity contribution in [2.24, 2.45) is 0 Å². The van der Waals surface area contributed by atoms with Gasteiger partial charge in [0.25, 0.3) is 11.8 Å². The Hall–Kier alpha value is -4.13. The first-order chi connectivity index (χ1) is 15.6. The summed E-state index contributed by atoms with van der Waals surface area (Å²) in [6.07, 6.45) is 2.86. The molecule has 0 saturated heterocycles. The predicted octanol–water partition coefficient (Wildman–Crippen LogP) is 3.99. The van der Waals surface area contributed by atoms with E-state index in [9.17, 15) is 9.59 Å². The van der Waals surface area contributed by atoms with Gasteiger partial charge in [-0.25, -0.2) is 0 Å². The molecule has 7 nitrogen and oxygen atoms in total. The number of methoxy groups -OCH3 is 1. The smallest absolute Gasteiger partial charge is 0.258 e. The van der Waals surface area contributed by atoms with Crippen LogP contribution in [0.5, 0.6) is 23.3 Å². The maximum atomic E-state index is 11.8. The van der Waals surface area contributed by atoms with Gasteiger partial charge in [-0.1, -0.05) is 30.3 Å². The van der Waals surface area contributed by atoms with Gasteiger partial charge in [-0.2, -0.15) is 4.98 Å². The summed E-state index contributed by atoms with van der Waals surface area (Å²) in [5, 5.41) is 2.25. The standard InChI is InChI=1S/C25H20N2O5/c1-30-23-6-3-7-24(27-23)32-20-5-2-4-17-18(20)12-13-21(17)31-16-10-8-15(9-11-16)19-14-22(28)26-25(19)29/h2-11,14,21H,12-13H2,1H3,(H,26,28,29)/t21-/m1/s1. The van der Waals surface area contributed by atoms with Crippen LogP contribution in [0.25, 0.3) is 5.57 Å². The lowest BCUT2D eigenvalue weighted by Gasteiger charge is -2.16. The van der Waals surface area contributed by atoms with Crippen LogP contribution >= 0.6 is 0 Å². The zero-order chi connectivity index (χ0) is 22.1. The summed E-state index contributed by atoms with van der Waals surface area (Å²) in [6, 6.07) is 18.5. The van der Waals surface area contributed by atoms with Gasteiger partial charge in [-0.05, 0) is 42.2 Å². The highest BCUT2D eigenvalue weighted by Gasteiger charge is 2.27. The molecule has 2 aromatic carbocycles. The average Bonchev–Trinajstić information content (AvgIpc) is 3.37. The Kier molecular flexibility index (Phi) is 5.07. The van der Waals surface area contributed by atoms with Crippen LogP contribution in [0.15, 0.2) is 66.7 Å². The maximum absolute atomic E-state index is 11.8. The van der Waals surface area contributed by atoms with Crippen molar-refractivity contribution in [1.29, 1.82) is 0 Å². The normalized spacial score (nSPS) is 16.9. The molecule has 1 aromatic heterocycles. The molecule has 7 heteroatoms. The summed E-state index contributed by atoms with van der Waals surface area (Å²) in [4.78, 5) is 27.5. The molecule has 1 aliphatic carbocycles. The van der Waals surface area contributed by atoms with Gasteiger partial charge in [-0.15, -0.1) is 0 Å². The second-order valence-electron chi connectivity index (χ2n) is 7.49. The second kappa shape index (κ2) is 8.19. The Balaban J connectivity index is 1.33. The lowest BCUT2D eigenvalue weighted by molar-refractivity contribution is -0.123. The van der Waals surface area contributed by atoms with Crippen LogP contribution in [0.3, 0.4) is 0 Å². The van der Waals surface area contributed by atoms with Gasteiger partial charge in [0.1, 0.15) is 17.6 Å². The number of hydrogen-bond acceptors (Lipinski definition) is 6. The van der Waals surface area contributed by atoms with Crippen LogP contribution in [-0.4, -0.2) is 23.9 Å². The monoisotopic (exact) mass is 428 g/mol. The summed E-state index contributed by atoms with van der Waals surface area (Å²) in [5.41, 5.74) is 3.22. The molecule has 32 heavy (non-hydrogen) atoms. The second-order valence-corrected chi connectivity index (χ2v) is 7.49. The first-order valence-electron chi connectivity index (χ1n) is 10.3. The van der Waals surface area contributed by atoms with E-state index in [1.807, 2.05) is 36.4 Å². The fourth-order valence-corrected chi connectivity index (χ4v) is 3.98. The fraction of sp³-hybridized carbons (Fsp3) is 0.160. The first kappa shape index (κ1) is 19.8. The maximum Gasteiger partial charge on any atom is 0.258 e. The number of benzene rings is 2. The highest BCUT2D eigenvalue weighted by Crippen LogP contribution is 2.41. The molecule has 2 heterocycles. The zero-order valence-corrected chi connectivity index (χ0v) is 17.3. The van der Waals surface area contributed by atoms with Crippen molar-refractivity contribution in [3.63, 3.8) is 0 Å². The Morgan fingerprint density at radius 1 is 0.969 bits per heavy atom. The highest BCUT2D eigenvalue weighted by molar-refractivity contribution is 6.33. The molecule has 160 valence electrons. The molecule has 1 atom stereocenters. The lowest BCUT2D eigenvalue weighted by atomic mass is 10.1. The van der Waals surface area contributed by atoms with Gasteiger partial charge in [0, 0.05) is 23.8 Å². The number of carbonyl (C=O) groups excluding carboxylic acids is 2. The van der Waals surface area contributed by atoms with Crippen LogP contribution in [0.4, 0.5) is 0 Å². The molecule has 1 aliphatic heterocycles. The minimum Gasteiger partial charge on any atom is -0.486 e. The Bertz CT molecular complexity index is 1230. The third-order valence-electron chi connectivity index (χ3n) is 5.49. The molecule has 1 N–H and O–H groups in total. The third-order valence-corrected chi connectivity index (χ3v) is 5.49. The van der Waals surface area contributed by atoms with Gasteiger partial charge in [0.05, 0.1) is 12.7 Å². The molecule has 0 unspecified atom stereocenters. The van der Waals surface area contributed by atoms with Gasteiger partial charge in [-0.3, -0.25) is 14.9 Å². The third kappa shape index (κ3) is 3.80. The van der Waals surface area contributed by atoms with E-state index >= 15 is 0 Å². The molecule has 0 bridgehead atoms.